The number of pyridine rings is 1. The summed E-state index contributed by atoms with van der Waals surface area (Å²) in [5.74, 6) is -1.33. The molecule has 0 saturated carbocycles. The number of rotatable bonds is 6. The molecule has 14 heteroatoms. The molecule has 2 aliphatic rings. The number of carboxylic acids is 1. The lowest BCUT2D eigenvalue weighted by molar-refractivity contribution is -0.160. The summed E-state index contributed by atoms with van der Waals surface area (Å²) in [4.78, 5) is 19.4. The molecule has 45 heavy (non-hydrogen) atoms. The van der Waals surface area contributed by atoms with Crippen LogP contribution in [-0.4, -0.2) is 76.0 Å². The van der Waals surface area contributed by atoms with Gasteiger partial charge in [-0.2, -0.15) is 0 Å². The van der Waals surface area contributed by atoms with Gasteiger partial charge in [0, 0.05) is 47.9 Å². The number of nitrogens with zero attached hydrogens (tertiary/aromatic N) is 5. The first-order valence-electron chi connectivity index (χ1n) is 14.8. The summed E-state index contributed by atoms with van der Waals surface area (Å²) in [7, 11) is -1.32. The number of aromatic nitrogens is 4. The molecule has 0 radical (unpaired) electrons. The van der Waals surface area contributed by atoms with Crippen LogP contribution in [0.25, 0.3) is 33.7 Å². The Bertz CT molecular complexity index is 1930. The molecule has 0 aliphatic carbocycles. The van der Waals surface area contributed by atoms with Gasteiger partial charge in [0.05, 0.1) is 23.7 Å². The summed E-state index contributed by atoms with van der Waals surface area (Å²) in [6.07, 6.45) is -0.0459. The minimum Gasteiger partial charge on any atom is -0.490 e. The number of carboxylic acid groups (broad SMARTS) is 1. The maximum atomic E-state index is 15.7. The van der Waals surface area contributed by atoms with E-state index in [-0.39, 0.29) is 42.3 Å². The topological polar surface area (TPSA) is 150 Å². The second-order valence-electron chi connectivity index (χ2n) is 12.6. The highest BCUT2D eigenvalue weighted by Gasteiger charge is 2.35. The first-order chi connectivity index (χ1) is 21.1. The van der Waals surface area contributed by atoms with Crippen molar-refractivity contribution in [1.29, 1.82) is 0 Å². The van der Waals surface area contributed by atoms with E-state index in [9.17, 15) is 18.3 Å². The zero-order valence-corrected chi connectivity index (χ0v) is 26.9. The van der Waals surface area contributed by atoms with Crippen molar-refractivity contribution in [2.24, 2.45) is 7.05 Å². The molecule has 3 aromatic heterocycles. The van der Waals surface area contributed by atoms with Crippen molar-refractivity contribution in [3.8, 4) is 28.5 Å². The zero-order chi connectivity index (χ0) is 32.4. The number of sulfone groups is 1. The van der Waals surface area contributed by atoms with Crippen molar-refractivity contribution in [3.63, 3.8) is 0 Å². The van der Waals surface area contributed by atoms with Gasteiger partial charge in [-0.3, -0.25) is 0 Å². The number of halogens is 1. The lowest BCUT2D eigenvalue weighted by atomic mass is 9.86. The van der Waals surface area contributed by atoms with Gasteiger partial charge >= 0.3 is 12.0 Å². The average Bonchev–Trinajstić information content (AvgIpc) is 3.58. The van der Waals surface area contributed by atoms with Crippen LogP contribution in [-0.2, 0) is 32.8 Å². The zero-order valence-electron chi connectivity index (χ0n) is 26.1. The van der Waals surface area contributed by atoms with Crippen molar-refractivity contribution in [1.82, 2.24) is 19.7 Å². The van der Waals surface area contributed by atoms with E-state index < -0.39 is 33.3 Å². The minimum absolute atomic E-state index is 0.00278. The first-order valence-corrected chi connectivity index (χ1v) is 16.6. The van der Waals surface area contributed by atoms with Gasteiger partial charge in [0.1, 0.15) is 11.3 Å². The number of fused-ring (bicyclic) bond motifs is 2. The molecular formula is C31H36FN5O7S. The van der Waals surface area contributed by atoms with E-state index in [1.54, 1.807) is 50.3 Å². The maximum Gasteiger partial charge on any atom is 0.337 e. The van der Waals surface area contributed by atoms with E-state index >= 15 is 4.39 Å². The fraction of sp³-hybridized carbons (Fsp3) is 0.484. The first kappa shape index (κ1) is 31.0. The number of carbonyl (C=O) groups is 1. The summed E-state index contributed by atoms with van der Waals surface area (Å²) in [6.45, 7) is 9.84. The van der Waals surface area contributed by atoms with Crippen molar-refractivity contribution in [2.75, 3.05) is 36.1 Å². The number of aliphatic carboxylic acids is 1. The molecule has 0 amide bonds. The molecular weight excluding hydrogens is 605 g/mol. The molecule has 1 saturated heterocycles. The summed E-state index contributed by atoms with van der Waals surface area (Å²) in [6, 6.07) is 3.38. The largest absolute Gasteiger partial charge is 0.490 e. The van der Waals surface area contributed by atoms with E-state index in [1.165, 1.54) is 6.07 Å². The van der Waals surface area contributed by atoms with Crippen LogP contribution in [0.4, 0.5) is 10.4 Å². The molecule has 6 rings (SSSR count). The molecule has 0 spiro atoms. The second kappa shape index (κ2) is 11.1. The Kier molecular flexibility index (Phi) is 7.63. The molecule has 0 bridgehead atoms. The van der Waals surface area contributed by atoms with E-state index in [1.807, 2.05) is 6.92 Å². The summed E-state index contributed by atoms with van der Waals surface area (Å²) < 4.78 is 59.1. The fourth-order valence-corrected chi connectivity index (χ4v) is 7.33. The van der Waals surface area contributed by atoms with Crippen LogP contribution in [0.2, 0.25) is 0 Å². The molecule has 12 nitrogen and oxygen atoms in total. The summed E-state index contributed by atoms with van der Waals surface area (Å²) >= 11 is 0. The van der Waals surface area contributed by atoms with Crippen molar-refractivity contribution in [2.45, 2.75) is 59.2 Å². The number of anilines is 1. The molecule has 240 valence electrons. The highest BCUT2D eigenvalue weighted by atomic mass is 32.2. The van der Waals surface area contributed by atoms with E-state index in [4.69, 9.17) is 18.9 Å². The van der Waals surface area contributed by atoms with Crippen LogP contribution in [0, 0.1) is 19.7 Å². The molecule has 1 N–H and O–H groups in total. The maximum absolute atomic E-state index is 15.7. The van der Waals surface area contributed by atoms with Crippen LogP contribution in [0.1, 0.15) is 55.7 Å². The number of benzene rings is 1. The Labute approximate surface area is 260 Å². The molecule has 1 aromatic carbocycles. The van der Waals surface area contributed by atoms with Gasteiger partial charge in [-0.1, -0.05) is 5.10 Å². The van der Waals surface area contributed by atoms with Crippen LogP contribution in [0.3, 0.4) is 0 Å². The Balaban J connectivity index is 1.58. The minimum atomic E-state index is -3.10. The van der Waals surface area contributed by atoms with E-state index in [2.05, 4.69) is 10.2 Å². The number of aryl methyl sites for hydroxylation is 2. The predicted molar refractivity (Wildman–Crippen MR) is 165 cm³/mol. The quantitative estimate of drug-likeness (QED) is 0.316. The highest BCUT2D eigenvalue weighted by Crippen LogP contribution is 2.45. The van der Waals surface area contributed by atoms with Gasteiger partial charge in [0.2, 0.25) is 0 Å². The monoisotopic (exact) mass is 641 g/mol. The Hall–Kier alpha value is -4.04. The van der Waals surface area contributed by atoms with Crippen molar-refractivity contribution < 1.29 is 36.6 Å². The Morgan fingerprint density at radius 3 is 2.53 bits per heavy atom. The lowest BCUT2D eigenvalue weighted by Crippen LogP contribution is -2.40. The van der Waals surface area contributed by atoms with E-state index in [0.717, 1.165) is 17.5 Å². The van der Waals surface area contributed by atoms with Gasteiger partial charge in [0.15, 0.2) is 27.5 Å². The third kappa shape index (κ3) is 5.65. The molecule has 1 fully saturated rings. The Morgan fingerprint density at radius 2 is 1.87 bits per heavy atom. The van der Waals surface area contributed by atoms with Gasteiger partial charge in [-0.15, -0.1) is 5.10 Å². The fourth-order valence-electron chi connectivity index (χ4n) is 6.13. The normalized spacial score (nSPS) is 17.3. The summed E-state index contributed by atoms with van der Waals surface area (Å²) in [5.41, 5.74) is 3.45. The highest BCUT2D eigenvalue weighted by molar-refractivity contribution is 7.91. The van der Waals surface area contributed by atoms with Crippen LogP contribution in [0.5, 0.6) is 5.75 Å². The Morgan fingerprint density at radius 1 is 1.16 bits per heavy atom. The van der Waals surface area contributed by atoms with Crippen molar-refractivity contribution in [3.05, 3.63) is 40.3 Å². The van der Waals surface area contributed by atoms with Gasteiger partial charge < -0.3 is 28.5 Å². The number of hydrogen-bond acceptors (Lipinski definition) is 10. The van der Waals surface area contributed by atoms with Crippen molar-refractivity contribution >= 4 is 32.9 Å². The van der Waals surface area contributed by atoms with Crippen LogP contribution < -0.4 is 9.64 Å². The SMILES string of the molecule is Cc1nc2c(cc(-c3nnc(N4CCS(=O)(=O)CC4)o3)n2C)c(-c2cc(F)c3c(c2C)CCCO3)c1[C@H](OC(C)(C)C)C(=O)O. The second-order valence-corrected chi connectivity index (χ2v) is 14.9. The number of ether oxygens (including phenoxy) is 2. The smallest absolute Gasteiger partial charge is 0.337 e. The third-order valence-electron chi connectivity index (χ3n) is 8.31. The third-order valence-corrected chi connectivity index (χ3v) is 9.92. The van der Waals surface area contributed by atoms with E-state index in [0.29, 0.717) is 52.1 Å². The van der Waals surface area contributed by atoms with Crippen LogP contribution >= 0.6 is 0 Å². The molecule has 2 aliphatic heterocycles. The average molecular weight is 642 g/mol. The number of hydrogen-bond donors (Lipinski definition) is 1. The van der Waals surface area contributed by atoms with Gasteiger partial charge in [-0.25, -0.2) is 22.6 Å². The van der Waals surface area contributed by atoms with Gasteiger partial charge in [0.25, 0.3) is 5.89 Å². The predicted octanol–water partition coefficient (Wildman–Crippen LogP) is 4.55. The molecule has 5 heterocycles. The van der Waals surface area contributed by atoms with Crippen LogP contribution in [0.15, 0.2) is 16.5 Å². The molecule has 1 atom stereocenters. The lowest BCUT2D eigenvalue weighted by Gasteiger charge is -2.29. The van der Waals surface area contributed by atoms with Gasteiger partial charge in [-0.05, 0) is 70.7 Å². The molecule has 4 aromatic rings. The standard InChI is InChI=1S/C31H36FN5O7S/c1-16-18-8-7-11-42-25(18)21(32)14-19(16)24-20-15-22(28-34-35-30(43-28)37-9-12-45(40,41)13-10-37)36(6)27(20)33-17(2)23(24)26(29(38)39)44-31(3,4)5/h14-15,26H,7-13H2,1-6H3,(H,38,39)/t26-/m0/s1. The molecule has 0 unspecified atom stereocenters. The summed E-state index contributed by atoms with van der Waals surface area (Å²) in [5, 5.41) is 19.4.